The van der Waals surface area contributed by atoms with E-state index < -0.39 is 0 Å². The predicted molar refractivity (Wildman–Crippen MR) is 87.7 cm³/mol. The lowest BCUT2D eigenvalue weighted by Crippen LogP contribution is -2.41. The molecule has 2 fully saturated rings. The van der Waals surface area contributed by atoms with Crippen LogP contribution >= 0.6 is 0 Å². The Labute approximate surface area is 133 Å². The molecule has 0 aromatic carbocycles. The molecule has 2 saturated heterocycles. The van der Waals surface area contributed by atoms with Crippen molar-refractivity contribution in [2.24, 2.45) is 0 Å². The highest BCUT2D eigenvalue weighted by atomic mass is 16.7. The predicted octanol–water partition coefficient (Wildman–Crippen LogP) is 1.53. The summed E-state index contributed by atoms with van der Waals surface area (Å²) in [6.07, 6.45) is 1.87. The molecule has 120 valence electrons. The molecular formula is C16H25BN2O3. The largest absolute Gasteiger partial charge is 0.496 e. The van der Waals surface area contributed by atoms with E-state index in [1.54, 1.807) is 0 Å². The number of hydrogen-bond acceptors (Lipinski definition) is 5. The first kappa shape index (κ1) is 15.8. The van der Waals surface area contributed by atoms with E-state index >= 15 is 0 Å². The van der Waals surface area contributed by atoms with E-state index in [0.29, 0.717) is 0 Å². The van der Waals surface area contributed by atoms with Gasteiger partial charge in [0.2, 0.25) is 0 Å². The van der Waals surface area contributed by atoms with Crippen LogP contribution in [0.5, 0.6) is 0 Å². The Morgan fingerprint density at radius 3 is 2.23 bits per heavy atom. The monoisotopic (exact) mass is 304 g/mol. The Hall–Kier alpha value is -1.11. The van der Waals surface area contributed by atoms with Crippen LogP contribution in [0.4, 0.5) is 5.82 Å². The average Bonchev–Trinajstić information content (AvgIpc) is 2.68. The molecule has 0 aliphatic carbocycles. The summed E-state index contributed by atoms with van der Waals surface area (Å²) in [6.45, 7) is 13.7. The molecule has 6 heteroatoms. The molecule has 22 heavy (non-hydrogen) atoms. The van der Waals surface area contributed by atoms with Crippen LogP contribution < -0.4 is 10.4 Å². The second-order valence-electron chi connectivity index (χ2n) is 7.10. The quantitative estimate of drug-likeness (QED) is 0.775. The van der Waals surface area contributed by atoms with Crippen molar-refractivity contribution in [3.63, 3.8) is 0 Å². The fourth-order valence-electron chi connectivity index (χ4n) is 2.80. The fraction of sp³-hybridized carbons (Fsp3) is 0.688. The van der Waals surface area contributed by atoms with Crippen LogP contribution in [0.25, 0.3) is 0 Å². The number of anilines is 1. The molecule has 0 unspecified atom stereocenters. The number of pyridine rings is 1. The first-order chi connectivity index (χ1) is 10.3. The maximum atomic E-state index is 6.09. The lowest BCUT2D eigenvalue weighted by atomic mass is 9.79. The van der Waals surface area contributed by atoms with E-state index in [9.17, 15) is 0 Å². The Morgan fingerprint density at radius 2 is 1.68 bits per heavy atom. The molecule has 1 aromatic heterocycles. The minimum Gasteiger partial charge on any atom is -0.399 e. The van der Waals surface area contributed by atoms with Gasteiger partial charge in [-0.05, 0) is 40.2 Å². The van der Waals surface area contributed by atoms with Gasteiger partial charge in [0.1, 0.15) is 5.82 Å². The zero-order valence-corrected chi connectivity index (χ0v) is 14.2. The molecule has 0 amide bonds. The normalized spacial score (nSPS) is 23.9. The molecule has 0 radical (unpaired) electrons. The Bertz CT molecular complexity index is 540. The van der Waals surface area contributed by atoms with Crippen molar-refractivity contribution >= 4 is 18.4 Å². The molecule has 1 aromatic rings. The maximum Gasteiger partial charge on any atom is 0.496 e. The fourth-order valence-corrected chi connectivity index (χ4v) is 2.80. The first-order valence-electron chi connectivity index (χ1n) is 7.95. The summed E-state index contributed by atoms with van der Waals surface area (Å²) in [5.41, 5.74) is 1.48. The summed E-state index contributed by atoms with van der Waals surface area (Å²) in [6, 6.07) is 2.12. The number of ether oxygens (including phenoxy) is 1. The summed E-state index contributed by atoms with van der Waals surface area (Å²) in [5.74, 6) is 1.03. The molecule has 0 bridgehead atoms. The summed E-state index contributed by atoms with van der Waals surface area (Å²) in [7, 11) is -0.352. The topological polar surface area (TPSA) is 43.8 Å². The van der Waals surface area contributed by atoms with E-state index in [0.717, 1.165) is 43.1 Å². The van der Waals surface area contributed by atoms with Crippen molar-refractivity contribution in [3.8, 4) is 0 Å². The molecular weight excluding hydrogens is 279 g/mol. The molecule has 3 heterocycles. The van der Waals surface area contributed by atoms with Gasteiger partial charge in [0.05, 0.1) is 24.4 Å². The number of rotatable bonds is 2. The number of morpholine rings is 1. The van der Waals surface area contributed by atoms with E-state index in [1.807, 2.05) is 6.20 Å². The second-order valence-corrected chi connectivity index (χ2v) is 7.10. The Morgan fingerprint density at radius 1 is 1.09 bits per heavy atom. The van der Waals surface area contributed by atoms with Crippen molar-refractivity contribution in [1.29, 1.82) is 0 Å². The number of hydrogen-bond donors (Lipinski definition) is 0. The van der Waals surface area contributed by atoms with Gasteiger partial charge in [-0.25, -0.2) is 4.98 Å². The van der Waals surface area contributed by atoms with Crippen LogP contribution in [0.3, 0.4) is 0 Å². The smallest absolute Gasteiger partial charge is 0.399 e. The van der Waals surface area contributed by atoms with Crippen LogP contribution in [0.15, 0.2) is 12.3 Å². The minimum atomic E-state index is -0.352. The van der Waals surface area contributed by atoms with Gasteiger partial charge in [-0.15, -0.1) is 0 Å². The van der Waals surface area contributed by atoms with Gasteiger partial charge in [0, 0.05) is 24.7 Å². The van der Waals surface area contributed by atoms with Crippen molar-refractivity contribution < 1.29 is 14.0 Å². The molecule has 5 nitrogen and oxygen atoms in total. The van der Waals surface area contributed by atoms with Crippen molar-refractivity contribution in [1.82, 2.24) is 4.98 Å². The molecule has 0 spiro atoms. The summed E-state index contributed by atoms with van der Waals surface area (Å²) < 4.78 is 17.6. The third kappa shape index (κ3) is 2.75. The van der Waals surface area contributed by atoms with Crippen LogP contribution in [-0.4, -0.2) is 49.6 Å². The highest BCUT2D eigenvalue weighted by molar-refractivity contribution is 6.62. The standard InChI is InChI=1S/C16H25BN2O3/c1-12-10-13(17-21-15(2,3)16(4,5)22-17)11-18-14(12)19-6-8-20-9-7-19/h10-11H,6-9H2,1-5H3. The summed E-state index contributed by atoms with van der Waals surface area (Å²) >= 11 is 0. The summed E-state index contributed by atoms with van der Waals surface area (Å²) in [4.78, 5) is 6.92. The van der Waals surface area contributed by atoms with E-state index in [1.165, 1.54) is 0 Å². The Kier molecular flexibility index (Phi) is 3.95. The summed E-state index contributed by atoms with van der Waals surface area (Å²) in [5, 5.41) is 0. The van der Waals surface area contributed by atoms with E-state index in [2.05, 4.69) is 50.6 Å². The van der Waals surface area contributed by atoms with Crippen LogP contribution in [0.1, 0.15) is 33.3 Å². The lowest BCUT2D eigenvalue weighted by Gasteiger charge is -2.32. The van der Waals surface area contributed by atoms with Crippen LogP contribution in [-0.2, 0) is 14.0 Å². The molecule has 2 aliphatic heterocycles. The molecule has 0 atom stereocenters. The van der Waals surface area contributed by atoms with Crippen molar-refractivity contribution in [2.75, 3.05) is 31.2 Å². The SMILES string of the molecule is Cc1cc(B2OC(C)(C)C(C)(C)O2)cnc1N1CCOCC1. The molecule has 2 aliphatic rings. The van der Waals surface area contributed by atoms with Crippen molar-refractivity contribution in [2.45, 2.75) is 45.8 Å². The molecule has 3 rings (SSSR count). The van der Waals surface area contributed by atoms with Gasteiger partial charge in [-0.2, -0.15) is 0 Å². The maximum absolute atomic E-state index is 6.09. The van der Waals surface area contributed by atoms with Gasteiger partial charge in [-0.3, -0.25) is 0 Å². The van der Waals surface area contributed by atoms with Gasteiger partial charge in [0.25, 0.3) is 0 Å². The number of aromatic nitrogens is 1. The van der Waals surface area contributed by atoms with Crippen LogP contribution in [0.2, 0.25) is 0 Å². The van der Waals surface area contributed by atoms with Crippen LogP contribution in [0, 0.1) is 6.92 Å². The van der Waals surface area contributed by atoms with E-state index in [-0.39, 0.29) is 18.3 Å². The lowest BCUT2D eigenvalue weighted by molar-refractivity contribution is 0.00578. The highest BCUT2D eigenvalue weighted by Crippen LogP contribution is 2.36. The number of aryl methyl sites for hydroxylation is 1. The first-order valence-corrected chi connectivity index (χ1v) is 7.95. The van der Waals surface area contributed by atoms with Gasteiger partial charge < -0.3 is 18.9 Å². The molecule has 0 N–H and O–H groups in total. The average molecular weight is 304 g/mol. The Balaban J connectivity index is 1.81. The number of nitrogens with zero attached hydrogens (tertiary/aromatic N) is 2. The van der Waals surface area contributed by atoms with Crippen molar-refractivity contribution in [3.05, 3.63) is 17.8 Å². The zero-order valence-electron chi connectivity index (χ0n) is 14.2. The highest BCUT2D eigenvalue weighted by Gasteiger charge is 2.51. The molecule has 0 saturated carbocycles. The van der Waals surface area contributed by atoms with Gasteiger partial charge in [-0.1, -0.05) is 6.07 Å². The van der Waals surface area contributed by atoms with Gasteiger partial charge >= 0.3 is 7.12 Å². The van der Waals surface area contributed by atoms with E-state index in [4.69, 9.17) is 14.0 Å². The van der Waals surface area contributed by atoms with Gasteiger partial charge in [0.15, 0.2) is 0 Å². The second kappa shape index (κ2) is 5.51. The third-order valence-corrected chi connectivity index (χ3v) is 4.91. The third-order valence-electron chi connectivity index (χ3n) is 4.91. The zero-order chi connectivity index (χ0) is 16.0. The minimum absolute atomic E-state index is 0.325.